The molecule has 2 aromatic heterocycles. The summed E-state index contributed by atoms with van der Waals surface area (Å²) in [5.74, 6) is 1.08. The summed E-state index contributed by atoms with van der Waals surface area (Å²) in [7, 11) is 0. The second-order valence-electron chi connectivity index (χ2n) is 5.59. The standard InChI is InChI=1S/C17H18N4/c1-12-6-2-3-9-15(12)21-16-14(8-5-11-19-16)20-17(21)13-7-4-10-18-13/h2-3,5-6,8-9,11,13,18H,4,7,10H2,1H3. The molecular weight excluding hydrogens is 260 g/mol. The van der Waals surface area contributed by atoms with Crippen LogP contribution < -0.4 is 5.32 Å². The van der Waals surface area contributed by atoms with Crippen LogP contribution in [0.25, 0.3) is 16.9 Å². The Morgan fingerprint density at radius 2 is 2.10 bits per heavy atom. The normalized spacial score (nSPS) is 18.4. The van der Waals surface area contributed by atoms with E-state index in [2.05, 4.69) is 46.1 Å². The maximum atomic E-state index is 4.85. The molecule has 1 aromatic carbocycles. The van der Waals surface area contributed by atoms with E-state index < -0.39 is 0 Å². The van der Waals surface area contributed by atoms with E-state index in [0.29, 0.717) is 6.04 Å². The van der Waals surface area contributed by atoms with Gasteiger partial charge in [-0.3, -0.25) is 4.57 Å². The average molecular weight is 278 g/mol. The molecule has 1 saturated heterocycles. The van der Waals surface area contributed by atoms with Crippen molar-refractivity contribution < 1.29 is 0 Å². The van der Waals surface area contributed by atoms with E-state index in [1.54, 1.807) is 0 Å². The predicted octanol–water partition coefficient (Wildman–Crippen LogP) is 3.15. The highest BCUT2D eigenvalue weighted by Crippen LogP contribution is 2.29. The third kappa shape index (κ3) is 2.03. The fraction of sp³-hybridized carbons (Fsp3) is 0.294. The first-order valence-electron chi connectivity index (χ1n) is 7.47. The van der Waals surface area contributed by atoms with Gasteiger partial charge in [0.2, 0.25) is 0 Å². The zero-order valence-electron chi connectivity index (χ0n) is 12.1. The van der Waals surface area contributed by atoms with Crippen LogP contribution in [0, 0.1) is 6.92 Å². The Hall–Kier alpha value is -2.20. The molecule has 1 aliphatic heterocycles. The first-order chi connectivity index (χ1) is 10.3. The van der Waals surface area contributed by atoms with Crippen molar-refractivity contribution in [3.8, 4) is 5.69 Å². The van der Waals surface area contributed by atoms with Crippen LogP contribution in [0.4, 0.5) is 0 Å². The number of hydrogen-bond acceptors (Lipinski definition) is 3. The molecule has 1 aliphatic rings. The minimum Gasteiger partial charge on any atom is -0.307 e. The number of nitrogens with zero attached hydrogens (tertiary/aromatic N) is 3. The third-order valence-corrected chi connectivity index (χ3v) is 4.17. The van der Waals surface area contributed by atoms with Crippen LogP contribution in [-0.2, 0) is 0 Å². The summed E-state index contributed by atoms with van der Waals surface area (Å²) in [5.41, 5.74) is 4.31. The Morgan fingerprint density at radius 1 is 1.19 bits per heavy atom. The van der Waals surface area contributed by atoms with Crippen LogP contribution >= 0.6 is 0 Å². The molecular formula is C17H18N4. The van der Waals surface area contributed by atoms with E-state index in [4.69, 9.17) is 4.98 Å². The van der Waals surface area contributed by atoms with Crippen LogP contribution in [0.3, 0.4) is 0 Å². The molecule has 4 rings (SSSR count). The Balaban J connectivity index is 2.00. The number of hydrogen-bond donors (Lipinski definition) is 1. The summed E-state index contributed by atoms with van der Waals surface area (Å²) in [6.07, 6.45) is 4.18. The fourth-order valence-electron chi connectivity index (χ4n) is 3.12. The van der Waals surface area contributed by atoms with Crippen LogP contribution in [0.15, 0.2) is 42.6 Å². The van der Waals surface area contributed by atoms with E-state index in [0.717, 1.165) is 30.0 Å². The molecule has 4 nitrogen and oxygen atoms in total. The molecule has 0 amide bonds. The zero-order valence-corrected chi connectivity index (χ0v) is 12.1. The first kappa shape index (κ1) is 12.5. The number of nitrogens with one attached hydrogen (secondary N) is 1. The molecule has 1 fully saturated rings. The van der Waals surface area contributed by atoms with Crippen LogP contribution in [-0.4, -0.2) is 21.1 Å². The summed E-state index contributed by atoms with van der Waals surface area (Å²) in [4.78, 5) is 9.41. The second kappa shape index (κ2) is 4.97. The smallest absolute Gasteiger partial charge is 0.164 e. The lowest BCUT2D eigenvalue weighted by molar-refractivity contribution is 0.597. The number of imidazole rings is 1. The Morgan fingerprint density at radius 3 is 2.90 bits per heavy atom. The molecule has 0 saturated carbocycles. The van der Waals surface area contributed by atoms with Crippen LogP contribution in [0.1, 0.15) is 30.3 Å². The number of rotatable bonds is 2. The van der Waals surface area contributed by atoms with E-state index in [-0.39, 0.29) is 0 Å². The Bertz CT molecular complexity index is 784. The van der Waals surface area contributed by atoms with Crippen molar-refractivity contribution in [2.45, 2.75) is 25.8 Å². The Kier molecular flexibility index (Phi) is 2.97. The molecule has 4 heteroatoms. The highest BCUT2D eigenvalue weighted by atomic mass is 15.2. The monoisotopic (exact) mass is 278 g/mol. The van der Waals surface area contributed by atoms with Gasteiger partial charge in [-0.25, -0.2) is 9.97 Å². The van der Waals surface area contributed by atoms with Gasteiger partial charge in [-0.15, -0.1) is 0 Å². The number of benzene rings is 1. The summed E-state index contributed by atoms with van der Waals surface area (Å²) < 4.78 is 2.22. The predicted molar refractivity (Wildman–Crippen MR) is 83.6 cm³/mol. The number of para-hydroxylation sites is 1. The van der Waals surface area contributed by atoms with E-state index >= 15 is 0 Å². The van der Waals surface area contributed by atoms with Gasteiger partial charge in [0.1, 0.15) is 11.3 Å². The molecule has 0 radical (unpaired) electrons. The number of pyridine rings is 1. The molecule has 0 spiro atoms. The quantitative estimate of drug-likeness (QED) is 0.783. The molecule has 0 bridgehead atoms. The minimum atomic E-state index is 0.318. The van der Waals surface area contributed by atoms with Gasteiger partial charge in [0, 0.05) is 6.20 Å². The number of fused-ring (bicyclic) bond motifs is 1. The van der Waals surface area contributed by atoms with Gasteiger partial charge in [-0.05, 0) is 50.1 Å². The van der Waals surface area contributed by atoms with Crippen LogP contribution in [0.2, 0.25) is 0 Å². The molecule has 21 heavy (non-hydrogen) atoms. The van der Waals surface area contributed by atoms with Gasteiger partial charge in [0.05, 0.1) is 11.7 Å². The largest absolute Gasteiger partial charge is 0.307 e. The summed E-state index contributed by atoms with van der Waals surface area (Å²) >= 11 is 0. The molecule has 3 aromatic rings. The van der Waals surface area contributed by atoms with Crippen molar-refractivity contribution in [3.63, 3.8) is 0 Å². The molecule has 0 aliphatic carbocycles. The van der Waals surface area contributed by atoms with Gasteiger partial charge in [-0.1, -0.05) is 18.2 Å². The van der Waals surface area contributed by atoms with Crippen LogP contribution in [0.5, 0.6) is 0 Å². The summed E-state index contributed by atoms with van der Waals surface area (Å²) in [5, 5.41) is 3.55. The highest BCUT2D eigenvalue weighted by molar-refractivity contribution is 5.74. The maximum Gasteiger partial charge on any atom is 0.164 e. The Labute approximate surface area is 123 Å². The minimum absolute atomic E-state index is 0.318. The van der Waals surface area contributed by atoms with Crippen molar-refractivity contribution in [2.75, 3.05) is 6.54 Å². The lowest BCUT2D eigenvalue weighted by atomic mass is 10.1. The van der Waals surface area contributed by atoms with Gasteiger partial charge >= 0.3 is 0 Å². The lowest BCUT2D eigenvalue weighted by Crippen LogP contribution is -2.18. The average Bonchev–Trinajstić information content (AvgIpc) is 3.15. The molecule has 1 N–H and O–H groups in total. The first-order valence-corrected chi connectivity index (χ1v) is 7.47. The van der Waals surface area contributed by atoms with E-state index in [1.165, 1.54) is 17.7 Å². The van der Waals surface area contributed by atoms with Gasteiger partial charge in [0.15, 0.2) is 5.65 Å². The molecule has 1 unspecified atom stereocenters. The SMILES string of the molecule is Cc1ccccc1-n1c(C2CCCN2)nc2cccnc21. The van der Waals surface area contributed by atoms with Crippen molar-refractivity contribution >= 4 is 11.2 Å². The zero-order chi connectivity index (χ0) is 14.2. The van der Waals surface area contributed by atoms with Crippen molar-refractivity contribution in [1.82, 2.24) is 19.9 Å². The summed E-state index contributed by atoms with van der Waals surface area (Å²) in [6, 6.07) is 12.7. The fourth-order valence-corrected chi connectivity index (χ4v) is 3.12. The number of aromatic nitrogens is 3. The lowest BCUT2D eigenvalue weighted by Gasteiger charge is -2.15. The summed E-state index contributed by atoms with van der Waals surface area (Å²) in [6.45, 7) is 3.20. The molecule has 3 heterocycles. The van der Waals surface area contributed by atoms with Crippen molar-refractivity contribution in [1.29, 1.82) is 0 Å². The van der Waals surface area contributed by atoms with Gasteiger partial charge in [-0.2, -0.15) is 0 Å². The van der Waals surface area contributed by atoms with Gasteiger partial charge in [0.25, 0.3) is 0 Å². The van der Waals surface area contributed by atoms with Gasteiger partial charge < -0.3 is 5.32 Å². The molecule has 106 valence electrons. The van der Waals surface area contributed by atoms with E-state index in [1.807, 2.05) is 18.3 Å². The molecule has 1 atom stereocenters. The topological polar surface area (TPSA) is 42.7 Å². The third-order valence-electron chi connectivity index (χ3n) is 4.17. The number of aryl methyl sites for hydroxylation is 1. The maximum absolute atomic E-state index is 4.85. The van der Waals surface area contributed by atoms with Crippen molar-refractivity contribution in [3.05, 3.63) is 54.0 Å². The second-order valence-corrected chi connectivity index (χ2v) is 5.59. The highest BCUT2D eigenvalue weighted by Gasteiger charge is 2.24. The van der Waals surface area contributed by atoms with Crippen molar-refractivity contribution in [2.24, 2.45) is 0 Å². The van der Waals surface area contributed by atoms with E-state index in [9.17, 15) is 0 Å².